The second-order valence-corrected chi connectivity index (χ2v) is 10.5. The van der Waals surface area contributed by atoms with E-state index in [4.69, 9.17) is 18.9 Å². The lowest BCUT2D eigenvalue weighted by atomic mass is 10.1. The van der Waals surface area contributed by atoms with E-state index in [1.54, 1.807) is 26.2 Å². The maximum atomic E-state index is 12.0. The quantitative estimate of drug-likeness (QED) is 0.444. The predicted molar refractivity (Wildman–Crippen MR) is 132 cm³/mol. The van der Waals surface area contributed by atoms with Crippen LogP contribution in [0.1, 0.15) is 26.5 Å². The molecule has 0 amide bonds. The largest absolute Gasteiger partial charge is 0.488 e. The van der Waals surface area contributed by atoms with Crippen molar-refractivity contribution < 1.29 is 27.4 Å². The average Bonchev–Trinajstić information content (AvgIpc) is 3.49. The van der Waals surface area contributed by atoms with E-state index in [0.29, 0.717) is 36.3 Å². The van der Waals surface area contributed by atoms with Gasteiger partial charge in [-0.25, -0.2) is 18.4 Å². The van der Waals surface area contributed by atoms with E-state index in [1.807, 2.05) is 38.1 Å². The SMILES string of the molecule is CCS(=O)(=O)c1ccc(Oc2cc(O[C@@H](C)COC)cc(-c3ccc(C4=NC[C@H](C)O4)[nH]3)c2)cn1. The molecule has 1 aromatic carbocycles. The number of aliphatic imine (C=N–C) groups is 1. The summed E-state index contributed by atoms with van der Waals surface area (Å²) in [6.07, 6.45) is 1.28. The molecular formula is C25H29N3O6S. The van der Waals surface area contributed by atoms with Gasteiger partial charge >= 0.3 is 0 Å². The zero-order valence-corrected chi connectivity index (χ0v) is 21.0. The molecule has 186 valence electrons. The summed E-state index contributed by atoms with van der Waals surface area (Å²) in [5.41, 5.74) is 2.46. The first-order chi connectivity index (χ1) is 16.8. The molecule has 1 N–H and O–H groups in total. The minimum absolute atomic E-state index is 0.0167. The fraction of sp³-hybridized carbons (Fsp3) is 0.360. The van der Waals surface area contributed by atoms with Crippen LogP contribution < -0.4 is 9.47 Å². The first kappa shape index (κ1) is 24.7. The molecule has 0 spiro atoms. The van der Waals surface area contributed by atoms with Crippen molar-refractivity contribution in [2.24, 2.45) is 4.99 Å². The smallest absolute Gasteiger partial charge is 0.233 e. The number of aromatic amines is 1. The Bertz CT molecular complexity index is 1300. The van der Waals surface area contributed by atoms with Crippen LogP contribution in [0.5, 0.6) is 17.2 Å². The van der Waals surface area contributed by atoms with Gasteiger partial charge in [0.25, 0.3) is 0 Å². The second-order valence-electron chi connectivity index (χ2n) is 8.27. The lowest BCUT2D eigenvalue weighted by molar-refractivity contribution is 0.0920. The molecule has 4 rings (SSSR count). The molecule has 1 aliphatic rings. The molecule has 1 aliphatic heterocycles. The van der Waals surface area contributed by atoms with Crippen LogP contribution in [-0.2, 0) is 19.3 Å². The maximum Gasteiger partial charge on any atom is 0.233 e. The highest BCUT2D eigenvalue weighted by Crippen LogP contribution is 2.33. The third-order valence-corrected chi connectivity index (χ3v) is 6.93. The van der Waals surface area contributed by atoms with Gasteiger partial charge in [-0.1, -0.05) is 6.92 Å². The number of benzene rings is 1. The van der Waals surface area contributed by atoms with Gasteiger partial charge in [-0.05, 0) is 50.2 Å². The number of pyridine rings is 1. The van der Waals surface area contributed by atoms with Crippen molar-refractivity contribution in [2.45, 2.75) is 38.0 Å². The van der Waals surface area contributed by atoms with Crippen molar-refractivity contribution in [3.63, 3.8) is 0 Å². The number of nitrogens with zero attached hydrogens (tertiary/aromatic N) is 2. The number of sulfone groups is 1. The Morgan fingerprint density at radius 3 is 2.54 bits per heavy atom. The summed E-state index contributed by atoms with van der Waals surface area (Å²) < 4.78 is 47.1. The first-order valence-corrected chi connectivity index (χ1v) is 13.0. The van der Waals surface area contributed by atoms with Crippen LogP contribution in [0.15, 0.2) is 58.7 Å². The van der Waals surface area contributed by atoms with Crippen molar-refractivity contribution in [2.75, 3.05) is 26.0 Å². The van der Waals surface area contributed by atoms with E-state index in [2.05, 4.69) is 15.0 Å². The number of aromatic nitrogens is 2. The van der Waals surface area contributed by atoms with Gasteiger partial charge in [0.2, 0.25) is 5.90 Å². The lowest BCUT2D eigenvalue weighted by Crippen LogP contribution is -2.17. The molecular weight excluding hydrogens is 470 g/mol. The minimum atomic E-state index is -3.39. The molecule has 2 atom stereocenters. The molecule has 0 unspecified atom stereocenters. The van der Waals surface area contributed by atoms with Crippen molar-refractivity contribution in [3.8, 4) is 28.5 Å². The van der Waals surface area contributed by atoms with E-state index in [1.165, 1.54) is 12.3 Å². The first-order valence-electron chi connectivity index (χ1n) is 11.4. The highest BCUT2D eigenvalue weighted by atomic mass is 32.2. The molecule has 0 radical (unpaired) electrons. The van der Waals surface area contributed by atoms with E-state index < -0.39 is 9.84 Å². The van der Waals surface area contributed by atoms with Gasteiger partial charge in [-0.3, -0.25) is 0 Å². The van der Waals surface area contributed by atoms with Crippen LogP contribution in [0.4, 0.5) is 0 Å². The van der Waals surface area contributed by atoms with Crippen LogP contribution in [-0.4, -0.2) is 62.5 Å². The molecule has 3 aromatic rings. The van der Waals surface area contributed by atoms with Crippen molar-refractivity contribution >= 4 is 15.7 Å². The summed E-state index contributed by atoms with van der Waals surface area (Å²) in [5.74, 6) is 2.09. The fourth-order valence-corrected chi connectivity index (χ4v) is 4.35. The number of H-pyrrole nitrogens is 1. The highest BCUT2D eigenvalue weighted by molar-refractivity contribution is 7.91. The van der Waals surface area contributed by atoms with Gasteiger partial charge in [0.05, 0.1) is 25.1 Å². The second kappa shape index (κ2) is 10.5. The predicted octanol–water partition coefficient (Wildman–Crippen LogP) is 4.24. The molecule has 3 heterocycles. The van der Waals surface area contributed by atoms with Crippen LogP contribution in [0.3, 0.4) is 0 Å². The number of nitrogens with one attached hydrogen (secondary N) is 1. The van der Waals surface area contributed by atoms with E-state index in [0.717, 1.165) is 17.0 Å². The molecule has 35 heavy (non-hydrogen) atoms. The molecule has 0 fully saturated rings. The molecule has 2 aromatic heterocycles. The Hall–Kier alpha value is -3.37. The average molecular weight is 500 g/mol. The summed E-state index contributed by atoms with van der Waals surface area (Å²) in [6.45, 7) is 6.54. The van der Waals surface area contributed by atoms with Gasteiger partial charge in [0, 0.05) is 24.4 Å². The van der Waals surface area contributed by atoms with E-state index >= 15 is 0 Å². The summed E-state index contributed by atoms with van der Waals surface area (Å²) in [6, 6.07) is 12.4. The minimum Gasteiger partial charge on any atom is -0.488 e. The number of rotatable bonds is 10. The zero-order chi connectivity index (χ0) is 25.0. The molecule has 0 saturated heterocycles. The summed E-state index contributed by atoms with van der Waals surface area (Å²) in [5, 5.41) is 0.0174. The highest BCUT2D eigenvalue weighted by Gasteiger charge is 2.19. The van der Waals surface area contributed by atoms with Crippen LogP contribution in [0.2, 0.25) is 0 Å². The Morgan fingerprint density at radius 1 is 1.11 bits per heavy atom. The fourth-order valence-electron chi connectivity index (χ4n) is 3.56. The molecule has 0 bridgehead atoms. The number of ether oxygens (including phenoxy) is 4. The van der Waals surface area contributed by atoms with Crippen LogP contribution >= 0.6 is 0 Å². The normalized spacial score (nSPS) is 16.5. The third kappa shape index (κ3) is 6.01. The number of hydrogen-bond donors (Lipinski definition) is 1. The maximum absolute atomic E-state index is 12.0. The Labute approximate surface area is 205 Å². The standard InChI is InChI=1S/C25H29N3O6S/c1-5-35(29,30)24-9-6-19(14-26-24)34-21-11-18(10-20(12-21)32-17(3)15-31-4)22-7-8-23(28-22)25-27-13-16(2)33-25/h6-12,14,16-17,28H,5,13,15H2,1-4H3/t16-,17-/m0/s1. The van der Waals surface area contributed by atoms with Gasteiger partial charge in [-0.15, -0.1) is 0 Å². The lowest BCUT2D eigenvalue weighted by Gasteiger charge is -2.16. The summed E-state index contributed by atoms with van der Waals surface area (Å²) in [4.78, 5) is 11.8. The topological polar surface area (TPSA) is 112 Å². The van der Waals surface area contributed by atoms with Gasteiger partial charge in [-0.2, -0.15) is 0 Å². The zero-order valence-electron chi connectivity index (χ0n) is 20.1. The van der Waals surface area contributed by atoms with E-state index in [-0.39, 0.29) is 23.0 Å². The van der Waals surface area contributed by atoms with Gasteiger partial charge in [0.1, 0.15) is 35.2 Å². The van der Waals surface area contributed by atoms with Gasteiger partial charge in [0.15, 0.2) is 14.9 Å². The van der Waals surface area contributed by atoms with Crippen LogP contribution in [0.25, 0.3) is 11.3 Å². The van der Waals surface area contributed by atoms with Crippen LogP contribution in [0, 0.1) is 0 Å². The van der Waals surface area contributed by atoms with Crippen molar-refractivity contribution in [1.29, 1.82) is 0 Å². The summed E-state index contributed by atoms with van der Waals surface area (Å²) in [7, 11) is -1.77. The Kier molecular flexibility index (Phi) is 7.42. The number of methoxy groups -OCH3 is 1. The monoisotopic (exact) mass is 499 g/mol. The Morgan fingerprint density at radius 2 is 1.89 bits per heavy atom. The molecule has 10 heteroatoms. The Balaban J connectivity index is 1.63. The molecule has 0 aliphatic carbocycles. The molecule has 0 saturated carbocycles. The van der Waals surface area contributed by atoms with Crippen molar-refractivity contribution in [1.82, 2.24) is 9.97 Å². The van der Waals surface area contributed by atoms with Gasteiger partial charge < -0.3 is 23.9 Å². The summed E-state index contributed by atoms with van der Waals surface area (Å²) >= 11 is 0. The molecule has 9 nitrogen and oxygen atoms in total. The third-order valence-electron chi connectivity index (χ3n) is 5.29. The number of hydrogen-bond acceptors (Lipinski definition) is 8. The van der Waals surface area contributed by atoms with E-state index in [9.17, 15) is 8.42 Å². The van der Waals surface area contributed by atoms with Crippen molar-refractivity contribution in [3.05, 3.63) is 54.4 Å².